The predicted octanol–water partition coefficient (Wildman–Crippen LogP) is 3.82. The third kappa shape index (κ3) is 3.42. The molecule has 2 aromatic rings. The van der Waals surface area contributed by atoms with Gasteiger partial charge in [0.1, 0.15) is 0 Å². The van der Waals surface area contributed by atoms with E-state index in [0.717, 1.165) is 25.7 Å². The molecule has 1 aliphatic carbocycles. The van der Waals surface area contributed by atoms with E-state index in [1.165, 1.54) is 24.3 Å². The van der Waals surface area contributed by atoms with E-state index in [1.807, 2.05) is 6.92 Å². The van der Waals surface area contributed by atoms with Gasteiger partial charge < -0.3 is 9.84 Å². The number of carbonyl (C=O) groups is 1. The molecule has 5 nitrogen and oxygen atoms in total. The van der Waals surface area contributed by atoms with E-state index in [4.69, 9.17) is 0 Å². The topological polar surface area (TPSA) is 68.0 Å². The van der Waals surface area contributed by atoms with Gasteiger partial charge in [0.05, 0.1) is 0 Å². The minimum absolute atomic E-state index is 0.169. The maximum absolute atomic E-state index is 12.5. The van der Waals surface area contributed by atoms with Gasteiger partial charge in [-0.25, -0.2) is 0 Å². The zero-order valence-corrected chi connectivity index (χ0v) is 13.0. The number of carbonyl (C=O) groups excluding carboxylic acids is 1. The highest BCUT2D eigenvalue weighted by Gasteiger charge is 2.38. The second-order valence-corrected chi connectivity index (χ2v) is 6.22. The van der Waals surface area contributed by atoms with E-state index in [2.05, 4.69) is 20.0 Å². The lowest BCUT2D eigenvalue weighted by atomic mass is 10.00. The van der Waals surface area contributed by atoms with Crippen molar-refractivity contribution in [1.82, 2.24) is 15.5 Å². The van der Waals surface area contributed by atoms with Gasteiger partial charge in [0.25, 0.3) is 5.91 Å². The first kappa shape index (κ1) is 16.5. The molecule has 0 saturated heterocycles. The van der Waals surface area contributed by atoms with Gasteiger partial charge in [0.15, 0.2) is 0 Å². The molecule has 1 aliphatic rings. The van der Waals surface area contributed by atoms with Crippen LogP contribution in [-0.2, 0) is 6.18 Å². The number of nitrogens with one attached hydrogen (secondary N) is 1. The molecule has 1 heterocycles. The summed E-state index contributed by atoms with van der Waals surface area (Å²) in [7, 11) is 0. The first-order chi connectivity index (χ1) is 11.3. The molecule has 1 fully saturated rings. The van der Waals surface area contributed by atoms with Crippen molar-refractivity contribution >= 4 is 5.91 Å². The van der Waals surface area contributed by atoms with Gasteiger partial charge in [-0.3, -0.25) is 4.79 Å². The molecule has 1 amide bonds. The van der Waals surface area contributed by atoms with Crippen molar-refractivity contribution < 1.29 is 22.5 Å². The van der Waals surface area contributed by atoms with E-state index in [-0.39, 0.29) is 17.3 Å². The van der Waals surface area contributed by atoms with E-state index in [1.54, 1.807) is 0 Å². The maximum Gasteiger partial charge on any atom is 0.471 e. The van der Waals surface area contributed by atoms with Crippen LogP contribution in [0.2, 0.25) is 0 Å². The summed E-state index contributed by atoms with van der Waals surface area (Å²) in [5.74, 6) is -1.76. The number of alkyl halides is 3. The normalized spacial score (nSPS) is 17.0. The summed E-state index contributed by atoms with van der Waals surface area (Å²) < 4.78 is 41.6. The fraction of sp³-hybridized carbons (Fsp3) is 0.438. The number of amides is 1. The highest BCUT2D eigenvalue weighted by Crippen LogP contribution is 2.30. The number of benzene rings is 1. The van der Waals surface area contributed by atoms with Gasteiger partial charge in [-0.2, -0.15) is 18.2 Å². The zero-order chi connectivity index (χ0) is 17.4. The lowest BCUT2D eigenvalue weighted by Crippen LogP contribution is -2.43. The number of nitrogens with zero attached hydrogens (tertiary/aromatic N) is 2. The van der Waals surface area contributed by atoms with Crippen molar-refractivity contribution in [2.24, 2.45) is 0 Å². The maximum atomic E-state index is 12.5. The summed E-state index contributed by atoms with van der Waals surface area (Å²) in [5, 5.41) is 6.33. The lowest BCUT2D eigenvalue weighted by Gasteiger charge is -2.25. The first-order valence-electron chi connectivity index (χ1n) is 7.61. The van der Waals surface area contributed by atoms with Crippen molar-refractivity contribution in [3.05, 3.63) is 35.7 Å². The fourth-order valence-electron chi connectivity index (χ4n) is 2.85. The van der Waals surface area contributed by atoms with Crippen LogP contribution >= 0.6 is 0 Å². The summed E-state index contributed by atoms with van der Waals surface area (Å²) >= 11 is 0. The SMILES string of the molecule is CC1(NC(=O)c2ccc(-c3noc(C(F)(F)F)n3)cc2)CCCC1. The second-order valence-electron chi connectivity index (χ2n) is 6.22. The average molecular weight is 339 g/mol. The van der Waals surface area contributed by atoms with Crippen molar-refractivity contribution in [3.63, 3.8) is 0 Å². The average Bonchev–Trinajstić information content (AvgIpc) is 3.16. The Morgan fingerprint density at radius 3 is 2.38 bits per heavy atom. The standard InChI is InChI=1S/C16H16F3N3O2/c1-15(8-2-3-9-15)21-13(23)11-6-4-10(5-7-11)12-20-14(24-22-12)16(17,18)19/h4-7H,2-3,8-9H2,1H3,(H,21,23). The summed E-state index contributed by atoms with van der Waals surface area (Å²) in [6, 6.07) is 6.06. The molecule has 0 radical (unpaired) electrons. The summed E-state index contributed by atoms with van der Waals surface area (Å²) in [5.41, 5.74) is 0.592. The van der Waals surface area contributed by atoms with Gasteiger partial charge in [-0.15, -0.1) is 0 Å². The monoisotopic (exact) mass is 339 g/mol. The summed E-state index contributed by atoms with van der Waals surface area (Å²) in [4.78, 5) is 15.6. The molecule has 128 valence electrons. The molecule has 0 spiro atoms. The van der Waals surface area contributed by atoms with Crippen LogP contribution in [0.3, 0.4) is 0 Å². The largest absolute Gasteiger partial charge is 0.471 e. The van der Waals surface area contributed by atoms with Gasteiger partial charge in [-0.1, -0.05) is 30.1 Å². The van der Waals surface area contributed by atoms with Crippen LogP contribution < -0.4 is 5.32 Å². The Morgan fingerprint density at radius 2 is 1.83 bits per heavy atom. The quantitative estimate of drug-likeness (QED) is 0.923. The van der Waals surface area contributed by atoms with Crippen molar-refractivity contribution in [1.29, 1.82) is 0 Å². The predicted molar refractivity (Wildman–Crippen MR) is 79.1 cm³/mol. The first-order valence-corrected chi connectivity index (χ1v) is 7.61. The molecule has 3 rings (SSSR count). The number of hydrogen-bond donors (Lipinski definition) is 1. The molecular weight excluding hydrogens is 323 g/mol. The molecule has 0 aliphatic heterocycles. The lowest BCUT2D eigenvalue weighted by molar-refractivity contribution is -0.159. The van der Waals surface area contributed by atoms with Crippen molar-refractivity contribution in [3.8, 4) is 11.4 Å². The van der Waals surface area contributed by atoms with Gasteiger partial charge in [-0.05, 0) is 31.9 Å². The summed E-state index contributed by atoms with van der Waals surface area (Å²) in [6.07, 6.45) is -0.605. The number of hydrogen-bond acceptors (Lipinski definition) is 4. The van der Waals surface area contributed by atoms with Gasteiger partial charge in [0, 0.05) is 16.7 Å². The van der Waals surface area contributed by atoms with Crippen molar-refractivity contribution in [2.75, 3.05) is 0 Å². The Balaban J connectivity index is 1.73. The summed E-state index contributed by atoms with van der Waals surface area (Å²) in [6.45, 7) is 2.02. The van der Waals surface area contributed by atoms with E-state index in [9.17, 15) is 18.0 Å². The Kier molecular flexibility index (Phi) is 4.06. The van der Waals surface area contributed by atoms with Crippen LogP contribution in [-0.4, -0.2) is 21.6 Å². The van der Waals surface area contributed by atoms with Crippen LogP contribution in [0.25, 0.3) is 11.4 Å². The fourth-order valence-corrected chi connectivity index (χ4v) is 2.85. The smallest absolute Gasteiger partial charge is 0.347 e. The molecule has 0 unspecified atom stereocenters. The number of halogens is 3. The van der Waals surface area contributed by atoms with Gasteiger partial charge >= 0.3 is 12.1 Å². The van der Waals surface area contributed by atoms with Crippen molar-refractivity contribution in [2.45, 2.75) is 44.3 Å². The minimum Gasteiger partial charge on any atom is -0.347 e. The molecule has 1 aromatic heterocycles. The van der Waals surface area contributed by atoms with E-state index in [0.29, 0.717) is 11.1 Å². The zero-order valence-electron chi connectivity index (χ0n) is 13.0. The van der Waals surface area contributed by atoms with E-state index < -0.39 is 12.1 Å². The molecule has 24 heavy (non-hydrogen) atoms. The third-order valence-corrected chi connectivity index (χ3v) is 4.20. The minimum atomic E-state index is -4.68. The van der Waals surface area contributed by atoms with Gasteiger partial charge in [0.2, 0.25) is 5.82 Å². The molecule has 8 heteroatoms. The Labute approximate surface area is 136 Å². The van der Waals surface area contributed by atoms with Crippen LogP contribution in [0.5, 0.6) is 0 Å². The van der Waals surface area contributed by atoms with Crippen LogP contribution in [0, 0.1) is 0 Å². The highest BCUT2D eigenvalue weighted by molar-refractivity contribution is 5.95. The van der Waals surface area contributed by atoms with Crippen LogP contribution in [0.4, 0.5) is 13.2 Å². The number of aromatic nitrogens is 2. The Bertz CT molecular complexity index is 732. The third-order valence-electron chi connectivity index (χ3n) is 4.20. The Morgan fingerprint density at radius 1 is 1.21 bits per heavy atom. The Hall–Kier alpha value is -2.38. The molecule has 0 atom stereocenters. The molecule has 1 aromatic carbocycles. The van der Waals surface area contributed by atoms with Crippen LogP contribution in [0.15, 0.2) is 28.8 Å². The second kappa shape index (κ2) is 5.92. The number of rotatable bonds is 3. The molecular formula is C16H16F3N3O2. The molecule has 1 N–H and O–H groups in total. The molecule has 0 bridgehead atoms. The molecule has 1 saturated carbocycles. The van der Waals surface area contributed by atoms with Crippen LogP contribution in [0.1, 0.15) is 48.9 Å². The highest BCUT2D eigenvalue weighted by atomic mass is 19.4. The van der Waals surface area contributed by atoms with E-state index >= 15 is 0 Å².